The van der Waals surface area contributed by atoms with Gasteiger partial charge in [-0.25, -0.2) is 0 Å². The van der Waals surface area contributed by atoms with Gasteiger partial charge in [-0.1, -0.05) is 20.8 Å². The Balaban J connectivity index is 1.90. The van der Waals surface area contributed by atoms with Crippen LogP contribution in [0.5, 0.6) is 5.75 Å². The molecule has 0 radical (unpaired) electrons. The average molecular weight is 318 g/mol. The molecule has 5 nitrogen and oxygen atoms in total. The van der Waals surface area contributed by atoms with Crippen LogP contribution in [0.2, 0.25) is 0 Å². The molecular formula is C18H26N2O3. The third-order valence-corrected chi connectivity index (χ3v) is 3.94. The van der Waals surface area contributed by atoms with Gasteiger partial charge in [0.1, 0.15) is 5.75 Å². The van der Waals surface area contributed by atoms with Crippen molar-refractivity contribution in [2.24, 2.45) is 5.41 Å². The molecule has 1 fully saturated rings. The van der Waals surface area contributed by atoms with E-state index in [2.05, 4.69) is 20.8 Å². The van der Waals surface area contributed by atoms with Gasteiger partial charge in [0.2, 0.25) is 5.91 Å². The summed E-state index contributed by atoms with van der Waals surface area (Å²) in [6.45, 7) is 8.58. The normalized spacial score (nSPS) is 15.5. The van der Waals surface area contributed by atoms with E-state index in [0.29, 0.717) is 38.2 Å². The van der Waals surface area contributed by atoms with Gasteiger partial charge in [-0.2, -0.15) is 0 Å². The van der Waals surface area contributed by atoms with Crippen molar-refractivity contribution in [2.45, 2.75) is 27.2 Å². The molecule has 23 heavy (non-hydrogen) atoms. The summed E-state index contributed by atoms with van der Waals surface area (Å²) in [5.41, 5.74) is 0.646. The fraction of sp³-hybridized carbons (Fsp3) is 0.556. The highest BCUT2D eigenvalue weighted by Gasteiger charge is 2.27. The molecule has 1 aromatic rings. The summed E-state index contributed by atoms with van der Waals surface area (Å²) in [7, 11) is 1.60. The van der Waals surface area contributed by atoms with Crippen LogP contribution in [0, 0.1) is 5.41 Å². The van der Waals surface area contributed by atoms with E-state index >= 15 is 0 Å². The van der Waals surface area contributed by atoms with Crippen LogP contribution >= 0.6 is 0 Å². The molecular weight excluding hydrogens is 292 g/mol. The zero-order valence-electron chi connectivity index (χ0n) is 14.5. The lowest BCUT2D eigenvalue weighted by atomic mass is 9.91. The predicted octanol–water partition coefficient (Wildman–Crippen LogP) is 2.42. The first-order valence-electron chi connectivity index (χ1n) is 8.01. The number of carbonyl (C=O) groups excluding carboxylic acids is 2. The summed E-state index contributed by atoms with van der Waals surface area (Å²) in [5.74, 6) is 0.920. The van der Waals surface area contributed by atoms with E-state index in [9.17, 15) is 9.59 Å². The Morgan fingerprint density at radius 3 is 2.00 bits per heavy atom. The van der Waals surface area contributed by atoms with Crippen LogP contribution in [0.15, 0.2) is 24.3 Å². The van der Waals surface area contributed by atoms with Crippen molar-refractivity contribution in [1.82, 2.24) is 9.80 Å². The molecule has 2 rings (SSSR count). The van der Waals surface area contributed by atoms with Crippen molar-refractivity contribution in [3.8, 4) is 5.75 Å². The summed E-state index contributed by atoms with van der Waals surface area (Å²) in [5, 5.41) is 0. The Bertz CT molecular complexity index is 553. The third-order valence-electron chi connectivity index (χ3n) is 3.94. The van der Waals surface area contributed by atoms with Crippen LogP contribution in [0.1, 0.15) is 37.6 Å². The number of methoxy groups -OCH3 is 1. The first-order valence-corrected chi connectivity index (χ1v) is 8.01. The maximum atomic E-state index is 12.5. The minimum absolute atomic E-state index is 0.00681. The van der Waals surface area contributed by atoms with E-state index in [1.807, 2.05) is 9.80 Å². The van der Waals surface area contributed by atoms with Crippen LogP contribution in [0.4, 0.5) is 0 Å². The molecule has 0 spiro atoms. The number of ether oxygens (including phenoxy) is 1. The van der Waals surface area contributed by atoms with Crippen molar-refractivity contribution in [2.75, 3.05) is 33.3 Å². The molecule has 0 aromatic heterocycles. The van der Waals surface area contributed by atoms with Gasteiger partial charge in [-0.05, 0) is 29.7 Å². The summed E-state index contributed by atoms with van der Waals surface area (Å²) < 4.78 is 5.11. The van der Waals surface area contributed by atoms with E-state index in [1.165, 1.54) is 0 Å². The van der Waals surface area contributed by atoms with E-state index in [0.717, 1.165) is 5.75 Å². The Morgan fingerprint density at radius 2 is 1.52 bits per heavy atom. The number of hydrogen-bond donors (Lipinski definition) is 0. The minimum atomic E-state index is -0.00681. The lowest BCUT2D eigenvalue weighted by molar-refractivity contribution is -0.134. The molecule has 0 unspecified atom stereocenters. The maximum absolute atomic E-state index is 12.5. The molecule has 0 atom stereocenters. The van der Waals surface area contributed by atoms with Crippen molar-refractivity contribution in [1.29, 1.82) is 0 Å². The zero-order valence-corrected chi connectivity index (χ0v) is 14.5. The quantitative estimate of drug-likeness (QED) is 0.860. The van der Waals surface area contributed by atoms with Crippen LogP contribution in [0.25, 0.3) is 0 Å². The largest absolute Gasteiger partial charge is 0.497 e. The molecule has 126 valence electrons. The summed E-state index contributed by atoms with van der Waals surface area (Å²) in [4.78, 5) is 28.4. The van der Waals surface area contributed by atoms with Crippen LogP contribution < -0.4 is 4.74 Å². The van der Waals surface area contributed by atoms with Crippen molar-refractivity contribution in [3.05, 3.63) is 29.8 Å². The van der Waals surface area contributed by atoms with Gasteiger partial charge in [0.25, 0.3) is 5.91 Å². The SMILES string of the molecule is COc1ccc(C(=O)N2CCN(C(=O)CC(C)(C)C)CC2)cc1. The number of hydrogen-bond acceptors (Lipinski definition) is 3. The molecule has 5 heteroatoms. The Kier molecular flexibility index (Phi) is 5.29. The smallest absolute Gasteiger partial charge is 0.253 e. The molecule has 1 aromatic carbocycles. The number of carbonyl (C=O) groups is 2. The average Bonchev–Trinajstić information content (AvgIpc) is 2.53. The summed E-state index contributed by atoms with van der Waals surface area (Å²) in [6, 6.07) is 7.13. The van der Waals surface area contributed by atoms with Crippen LogP contribution in [-0.2, 0) is 4.79 Å². The highest BCUT2D eigenvalue weighted by Crippen LogP contribution is 2.21. The number of nitrogens with zero attached hydrogens (tertiary/aromatic N) is 2. The van der Waals surface area contributed by atoms with E-state index in [-0.39, 0.29) is 17.2 Å². The van der Waals surface area contributed by atoms with Crippen molar-refractivity contribution in [3.63, 3.8) is 0 Å². The third kappa shape index (κ3) is 4.71. The lowest BCUT2D eigenvalue weighted by Gasteiger charge is -2.36. The monoisotopic (exact) mass is 318 g/mol. The number of rotatable bonds is 3. The topological polar surface area (TPSA) is 49.9 Å². The second kappa shape index (κ2) is 7.02. The Morgan fingerprint density at radius 1 is 1.00 bits per heavy atom. The highest BCUT2D eigenvalue weighted by molar-refractivity contribution is 5.94. The molecule has 0 saturated carbocycles. The molecule has 1 aliphatic rings. The number of piperazine rings is 1. The molecule has 0 bridgehead atoms. The van der Waals surface area contributed by atoms with Crippen LogP contribution in [-0.4, -0.2) is 54.9 Å². The van der Waals surface area contributed by atoms with Gasteiger partial charge in [0.15, 0.2) is 0 Å². The highest BCUT2D eigenvalue weighted by atomic mass is 16.5. The van der Waals surface area contributed by atoms with Crippen LogP contribution in [0.3, 0.4) is 0 Å². The van der Waals surface area contributed by atoms with Crippen molar-refractivity contribution < 1.29 is 14.3 Å². The molecule has 2 amide bonds. The lowest BCUT2D eigenvalue weighted by Crippen LogP contribution is -2.51. The molecule has 1 heterocycles. The van der Waals surface area contributed by atoms with E-state index < -0.39 is 0 Å². The standard InChI is InChI=1S/C18H26N2O3/c1-18(2,3)13-16(21)19-9-11-20(12-10-19)17(22)14-5-7-15(23-4)8-6-14/h5-8H,9-13H2,1-4H3. The van der Waals surface area contributed by atoms with Gasteiger partial charge in [0.05, 0.1) is 7.11 Å². The molecule has 1 aliphatic heterocycles. The van der Waals surface area contributed by atoms with Crippen molar-refractivity contribution >= 4 is 11.8 Å². The second-order valence-electron chi connectivity index (χ2n) is 7.14. The molecule has 0 aliphatic carbocycles. The summed E-state index contributed by atoms with van der Waals surface area (Å²) >= 11 is 0. The molecule has 1 saturated heterocycles. The zero-order chi connectivity index (χ0) is 17.0. The Labute approximate surface area is 138 Å². The number of amides is 2. The maximum Gasteiger partial charge on any atom is 0.253 e. The molecule has 0 N–H and O–H groups in total. The first-order chi connectivity index (χ1) is 10.8. The van der Waals surface area contributed by atoms with Gasteiger partial charge in [-0.15, -0.1) is 0 Å². The minimum Gasteiger partial charge on any atom is -0.497 e. The number of benzene rings is 1. The van der Waals surface area contributed by atoms with Gasteiger partial charge in [-0.3, -0.25) is 9.59 Å². The fourth-order valence-electron chi connectivity index (χ4n) is 2.64. The first kappa shape index (κ1) is 17.3. The van der Waals surface area contributed by atoms with E-state index in [4.69, 9.17) is 4.74 Å². The predicted molar refractivity (Wildman–Crippen MR) is 89.5 cm³/mol. The summed E-state index contributed by atoms with van der Waals surface area (Å²) in [6.07, 6.45) is 0.541. The van der Waals surface area contributed by atoms with E-state index in [1.54, 1.807) is 31.4 Å². The Hall–Kier alpha value is -2.04. The second-order valence-corrected chi connectivity index (χ2v) is 7.14. The van der Waals surface area contributed by atoms with Gasteiger partial charge < -0.3 is 14.5 Å². The van der Waals surface area contributed by atoms with Gasteiger partial charge >= 0.3 is 0 Å². The van der Waals surface area contributed by atoms with Gasteiger partial charge in [0, 0.05) is 38.2 Å². The fourth-order valence-corrected chi connectivity index (χ4v) is 2.64.